The molecule has 1 aliphatic heterocycles. The minimum absolute atomic E-state index is 0.0426. The lowest BCUT2D eigenvalue weighted by Gasteiger charge is -2.47. The Hall–Kier alpha value is -2.92. The fourth-order valence-corrected chi connectivity index (χ4v) is 7.04. The lowest BCUT2D eigenvalue weighted by molar-refractivity contribution is -0.126. The highest BCUT2D eigenvalue weighted by Gasteiger charge is 2.49. The molecule has 224 valence electrons. The van der Waals surface area contributed by atoms with Gasteiger partial charge in [0.05, 0.1) is 12.1 Å². The Labute approximate surface area is 250 Å². The smallest absolute Gasteiger partial charge is 0.246 e. The molecule has 10 heteroatoms. The summed E-state index contributed by atoms with van der Waals surface area (Å²) in [5.41, 5.74) is 3.64. The highest BCUT2D eigenvalue weighted by Crippen LogP contribution is 2.59. The molecule has 0 unspecified atom stereocenters. The quantitative estimate of drug-likeness (QED) is 0.289. The maximum Gasteiger partial charge on any atom is 0.246 e. The number of fused-ring (bicyclic) bond motifs is 1. The Kier molecular flexibility index (Phi) is 8.08. The molecule has 8 nitrogen and oxygen atoms in total. The van der Waals surface area contributed by atoms with Gasteiger partial charge in [-0.3, -0.25) is 4.79 Å². The Morgan fingerprint density at radius 3 is 2.71 bits per heavy atom. The van der Waals surface area contributed by atoms with E-state index in [1.807, 2.05) is 17.6 Å². The molecule has 2 aromatic heterocycles. The first kappa shape index (κ1) is 29.2. The number of aliphatic hydroxyl groups is 1. The van der Waals surface area contributed by atoms with E-state index in [0.717, 1.165) is 37.7 Å². The van der Waals surface area contributed by atoms with Crippen molar-refractivity contribution in [3.63, 3.8) is 0 Å². The van der Waals surface area contributed by atoms with E-state index in [2.05, 4.69) is 35.5 Å². The van der Waals surface area contributed by atoms with Gasteiger partial charge in [-0.1, -0.05) is 13.8 Å². The molecule has 0 bridgehead atoms. The van der Waals surface area contributed by atoms with Gasteiger partial charge < -0.3 is 25.2 Å². The molecule has 3 aliphatic rings. The van der Waals surface area contributed by atoms with Crippen molar-refractivity contribution >= 4 is 17.2 Å². The van der Waals surface area contributed by atoms with E-state index in [-0.39, 0.29) is 48.4 Å². The Bertz CT molecular complexity index is 1430. The molecule has 1 amide bonds. The third-order valence-electron chi connectivity index (χ3n) is 9.10. The van der Waals surface area contributed by atoms with Crippen LogP contribution in [-0.2, 0) is 16.0 Å². The minimum atomic E-state index is -0.945. The summed E-state index contributed by atoms with van der Waals surface area (Å²) in [5, 5.41) is 20.5. The predicted molar refractivity (Wildman–Crippen MR) is 159 cm³/mol. The van der Waals surface area contributed by atoms with Crippen molar-refractivity contribution in [3.05, 3.63) is 64.5 Å². The predicted octanol–water partition coefficient (Wildman–Crippen LogP) is 4.93. The van der Waals surface area contributed by atoms with E-state index in [0.29, 0.717) is 27.9 Å². The van der Waals surface area contributed by atoms with Gasteiger partial charge >= 0.3 is 0 Å². The van der Waals surface area contributed by atoms with Crippen LogP contribution in [0.5, 0.6) is 5.88 Å². The first-order chi connectivity index (χ1) is 20.1. The third-order valence-corrected chi connectivity index (χ3v) is 9.92. The van der Waals surface area contributed by atoms with E-state index in [1.165, 1.54) is 36.1 Å². The average Bonchev–Trinajstić information content (AvgIpc) is 3.30. The number of halogens is 1. The van der Waals surface area contributed by atoms with Crippen LogP contribution in [0.4, 0.5) is 4.39 Å². The van der Waals surface area contributed by atoms with Gasteiger partial charge in [-0.25, -0.2) is 14.4 Å². The molecular weight excluding hydrogens is 555 g/mol. The molecule has 4 atom stereocenters. The summed E-state index contributed by atoms with van der Waals surface area (Å²) < 4.78 is 26.1. The van der Waals surface area contributed by atoms with Gasteiger partial charge in [0.25, 0.3) is 0 Å². The number of nitrogens with zero attached hydrogens (tertiary/aromatic N) is 2. The Morgan fingerprint density at radius 1 is 1.24 bits per heavy atom. The van der Waals surface area contributed by atoms with Crippen molar-refractivity contribution in [2.75, 3.05) is 20.3 Å². The number of ether oxygens (including phenoxy) is 2. The van der Waals surface area contributed by atoms with Crippen molar-refractivity contribution < 1.29 is 23.8 Å². The SMILES string of the molecule is COCC(=O)N[C@@H](Cc1cc(F)cc(-c2nccs2)c1)[C@H](O)CN[C@H]1CC2(CCC2)Oc2ncc([C@@H]3CC3(C)C)cc21. The lowest BCUT2D eigenvalue weighted by Crippen LogP contribution is -2.52. The molecule has 1 aromatic carbocycles. The Balaban J connectivity index is 1.21. The number of pyridine rings is 1. The molecule has 42 heavy (non-hydrogen) atoms. The fraction of sp³-hybridized carbons (Fsp3) is 0.531. The van der Waals surface area contributed by atoms with Gasteiger partial charge in [0.1, 0.15) is 23.0 Å². The number of aliphatic hydroxyl groups excluding tert-OH is 1. The summed E-state index contributed by atoms with van der Waals surface area (Å²) in [6, 6.07) is 6.26. The zero-order chi connectivity index (χ0) is 29.5. The van der Waals surface area contributed by atoms with Gasteiger partial charge in [-0.2, -0.15) is 0 Å². The third kappa shape index (κ3) is 6.22. The van der Waals surface area contributed by atoms with E-state index in [9.17, 15) is 14.3 Å². The molecule has 3 aromatic rings. The number of aromatic nitrogens is 2. The Morgan fingerprint density at radius 2 is 2.05 bits per heavy atom. The topological polar surface area (TPSA) is 106 Å². The highest BCUT2D eigenvalue weighted by molar-refractivity contribution is 7.13. The first-order valence-electron chi connectivity index (χ1n) is 14.7. The van der Waals surface area contributed by atoms with Crippen LogP contribution in [0.1, 0.15) is 74.6 Å². The van der Waals surface area contributed by atoms with Gasteiger partial charge in [-0.15, -0.1) is 11.3 Å². The number of rotatable bonds is 11. The zero-order valence-electron chi connectivity index (χ0n) is 24.4. The monoisotopic (exact) mass is 594 g/mol. The molecular formula is C32H39FN4O4S. The highest BCUT2D eigenvalue weighted by atomic mass is 32.1. The molecule has 0 radical (unpaired) electrons. The average molecular weight is 595 g/mol. The summed E-state index contributed by atoms with van der Waals surface area (Å²) >= 11 is 1.43. The van der Waals surface area contributed by atoms with Gasteiger partial charge in [-0.05, 0) is 78.8 Å². The summed E-state index contributed by atoms with van der Waals surface area (Å²) in [6.07, 6.45) is 7.98. The molecule has 2 fully saturated rings. The van der Waals surface area contributed by atoms with Gasteiger partial charge in [0, 0.05) is 55.0 Å². The second-order valence-corrected chi connectivity index (χ2v) is 13.7. The number of amides is 1. The molecule has 2 saturated carbocycles. The van der Waals surface area contributed by atoms with E-state index in [1.54, 1.807) is 6.20 Å². The number of benzene rings is 1. The number of nitrogens with one attached hydrogen (secondary N) is 2. The summed E-state index contributed by atoms with van der Waals surface area (Å²) in [7, 11) is 1.45. The molecule has 2 aliphatic carbocycles. The number of hydrogen-bond acceptors (Lipinski definition) is 8. The molecule has 6 rings (SSSR count). The second kappa shape index (κ2) is 11.6. The van der Waals surface area contributed by atoms with Crippen molar-refractivity contribution in [2.45, 2.75) is 82.1 Å². The zero-order valence-corrected chi connectivity index (χ0v) is 25.2. The maximum atomic E-state index is 14.6. The molecule has 3 heterocycles. The molecule has 0 saturated heterocycles. The summed E-state index contributed by atoms with van der Waals surface area (Å²) in [6.45, 7) is 4.65. The van der Waals surface area contributed by atoms with Gasteiger partial charge in [0.2, 0.25) is 11.8 Å². The van der Waals surface area contributed by atoms with Crippen LogP contribution < -0.4 is 15.4 Å². The second-order valence-electron chi connectivity index (χ2n) is 12.8. The van der Waals surface area contributed by atoms with Crippen LogP contribution >= 0.6 is 11.3 Å². The van der Waals surface area contributed by atoms with Crippen molar-refractivity contribution in [1.82, 2.24) is 20.6 Å². The summed E-state index contributed by atoms with van der Waals surface area (Å²) in [4.78, 5) is 21.6. The van der Waals surface area contributed by atoms with Crippen LogP contribution in [0.3, 0.4) is 0 Å². The number of thiazole rings is 1. The number of carbonyl (C=O) groups is 1. The minimum Gasteiger partial charge on any atom is -0.471 e. The van der Waals surface area contributed by atoms with Crippen LogP contribution in [0.15, 0.2) is 42.0 Å². The van der Waals surface area contributed by atoms with Crippen LogP contribution in [0, 0.1) is 11.2 Å². The molecule has 3 N–H and O–H groups in total. The van der Waals surface area contributed by atoms with Crippen molar-refractivity contribution in [2.24, 2.45) is 5.41 Å². The lowest BCUT2D eigenvalue weighted by atomic mass is 9.73. The first-order valence-corrected chi connectivity index (χ1v) is 15.6. The van der Waals surface area contributed by atoms with Gasteiger partial charge in [0.15, 0.2) is 0 Å². The maximum absolute atomic E-state index is 14.6. The van der Waals surface area contributed by atoms with E-state index in [4.69, 9.17) is 14.5 Å². The number of methoxy groups -OCH3 is 1. The van der Waals surface area contributed by atoms with Crippen LogP contribution in [0.25, 0.3) is 10.6 Å². The normalized spacial score (nSPS) is 22.9. The largest absolute Gasteiger partial charge is 0.471 e. The number of carbonyl (C=O) groups excluding carboxylic acids is 1. The van der Waals surface area contributed by atoms with Crippen LogP contribution in [0.2, 0.25) is 0 Å². The van der Waals surface area contributed by atoms with Crippen LogP contribution in [-0.4, -0.2) is 59.0 Å². The fourth-order valence-electron chi connectivity index (χ4n) is 6.42. The molecule has 1 spiro atoms. The van der Waals surface area contributed by atoms with Crippen molar-refractivity contribution in [1.29, 1.82) is 0 Å². The van der Waals surface area contributed by atoms with E-state index >= 15 is 0 Å². The standard InChI is InChI=1S/C32H39FN4O4S/c1-31(2)14-24(31)21-13-23-26(15-32(5-4-6-32)41-29(23)36-16-21)35-17-27(38)25(37-28(39)18-40-3)11-19-9-20(12-22(33)10-19)30-34-7-8-42-30/h7-10,12-13,16,24-27,35,38H,4-6,11,14-15,17-18H2,1-3H3,(H,37,39)/t24-,25-,26-,27+/m0/s1. The van der Waals surface area contributed by atoms with Crippen molar-refractivity contribution in [3.8, 4) is 16.5 Å². The number of hydrogen-bond donors (Lipinski definition) is 3. The van der Waals surface area contributed by atoms with E-state index < -0.39 is 12.1 Å². The summed E-state index contributed by atoms with van der Waals surface area (Å²) in [5.74, 6) is 0.430.